The monoisotopic (exact) mass is 133 g/mol. The SMILES string of the molecule is Cc1n[c]c2c[nH]nc2n1. The number of H-pyrrole nitrogens is 1. The molecule has 2 heterocycles. The Hall–Kier alpha value is -1.45. The van der Waals surface area contributed by atoms with E-state index in [2.05, 4.69) is 26.4 Å². The molecule has 10 heavy (non-hydrogen) atoms. The fourth-order valence-corrected chi connectivity index (χ4v) is 0.770. The van der Waals surface area contributed by atoms with E-state index in [4.69, 9.17) is 0 Å². The summed E-state index contributed by atoms with van der Waals surface area (Å²) >= 11 is 0. The van der Waals surface area contributed by atoms with Crippen molar-refractivity contribution in [2.24, 2.45) is 0 Å². The summed E-state index contributed by atoms with van der Waals surface area (Å²) in [6.07, 6.45) is 4.51. The molecule has 0 atom stereocenters. The highest BCUT2D eigenvalue weighted by Crippen LogP contribution is 2.03. The van der Waals surface area contributed by atoms with Crippen molar-refractivity contribution in [3.63, 3.8) is 0 Å². The van der Waals surface area contributed by atoms with Crippen molar-refractivity contribution in [2.45, 2.75) is 6.92 Å². The highest BCUT2D eigenvalue weighted by Gasteiger charge is 1.96. The third kappa shape index (κ3) is 0.655. The van der Waals surface area contributed by atoms with Gasteiger partial charge in [-0.25, -0.2) is 9.97 Å². The van der Waals surface area contributed by atoms with Crippen LogP contribution in [0.15, 0.2) is 6.20 Å². The smallest absolute Gasteiger partial charge is 0.184 e. The second-order valence-electron chi connectivity index (χ2n) is 2.01. The lowest BCUT2D eigenvalue weighted by atomic mass is 10.4. The number of fused-ring (bicyclic) bond motifs is 1. The molecule has 0 aliphatic rings. The molecule has 0 aliphatic heterocycles. The van der Waals surface area contributed by atoms with Crippen LogP contribution < -0.4 is 0 Å². The molecule has 2 aromatic heterocycles. The summed E-state index contributed by atoms with van der Waals surface area (Å²) in [5.41, 5.74) is 0.674. The Morgan fingerprint density at radius 2 is 2.50 bits per heavy atom. The number of rotatable bonds is 0. The standard InChI is InChI=1S/C6H5N4/c1-4-7-2-5-3-8-10-6(5)9-4/h3H,1H3,(H,7,8,9,10). The highest BCUT2D eigenvalue weighted by atomic mass is 15.1. The summed E-state index contributed by atoms with van der Waals surface area (Å²) in [5, 5.41) is 7.38. The normalized spacial score (nSPS) is 10.5. The van der Waals surface area contributed by atoms with Crippen molar-refractivity contribution in [2.75, 3.05) is 0 Å². The molecule has 0 bridgehead atoms. The second kappa shape index (κ2) is 1.76. The summed E-state index contributed by atoms with van der Waals surface area (Å²) in [5.74, 6) is 0.694. The first kappa shape index (κ1) is 5.34. The van der Waals surface area contributed by atoms with Gasteiger partial charge in [-0.2, -0.15) is 5.10 Å². The molecule has 49 valence electrons. The van der Waals surface area contributed by atoms with Crippen molar-refractivity contribution in [1.29, 1.82) is 0 Å². The molecule has 0 unspecified atom stereocenters. The Morgan fingerprint density at radius 3 is 3.40 bits per heavy atom. The van der Waals surface area contributed by atoms with Crippen molar-refractivity contribution >= 4 is 11.0 Å². The summed E-state index contributed by atoms with van der Waals surface area (Å²) in [4.78, 5) is 7.93. The van der Waals surface area contributed by atoms with E-state index in [0.29, 0.717) is 11.5 Å². The number of aromatic nitrogens is 4. The van der Waals surface area contributed by atoms with Crippen molar-refractivity contribution in [3.8, 4) is 0 Å². The minimum atomic E-state index is 0.674. The number of aryl methyl sites for hydroxylation is 1. The molecule has 0 saturated carbocycles. The van der Waals surface area contributed by atoms with Gasteiger partial charge in [0.1, 0.15) is 12.0 Å². The van der Waals surface area contributed by atoms with Crippen LogP contribution in [0.2, 0.25) is 0 Å². The summed E-state index contributed by atoms with van der Waals surface area (Å²) in [7, 11) is 0. The molecular formula is C6H5N4. The molecule has 0 fully saturated rings. The van der Waals surface area contributed by atoms with Gasteiger partial charge >= 0.3 is 0 Å². The molecule has 2 rings (SSSR count). The second-order valence-corrected chi connectivity index (χ2v) is 2.01. The van der Waals surface area contributed by atoms with Gasteiger partial charge < -0.3 is 0 Å². The molecule has 1 N–H and O–H groups in total. The van der Waals surface area contributed by atoms with Crippen LogP contribution in [-0.2, 0) is 0 Å². The maximum absolute atomic E-state index is 4.05. The Labute approximate surface area is 57.3 Å². The minimum absolute atomic E-state index is 0.674. The predicted octanol–water partition coefficient (Wildman–Crippen LogP) is 0.462. The van der Waals surface area contributed by atoms with Crippen LogP contribution in [-0.4, -0.2) is 20.2 Å². The van der Waals surface area contributed by atoms with E-state index in [1.54, 1.807) is 6.20 Å². The Morgan fingerprint density at radius 1 is 1.60 bits per heavy atom. The van der Waals surface area contributed by atoms with Crippen LogP contribution in [0.1, 0.15) is 5.82 Å². The quantitative estimate of drug-likeness (QED) is 0.568. The molecule has 0 saturated heterocycles. The Kier molecular flexibility index (Phi) is 0.943. The third-order valence-electron chi connectivity index (χ3n) is 1.23. The van der Waals surface area contributed by atoms with E-state index in [-0.39, 0.29) is 0 Å². The molecule has 4 heteroatoms. The first-order valence-corrected chi connectivity index (χ1v) is 2.92. The van der Waals surface area contributed by atoms with Gasteiger partial charge in [0.15, 0.2) is 5.65 Å². The average molecular weight is 133 g/mol. The maximum Gasteiger partial charge on any atom is 0.184 e. The summed E-state index contributed by atoms with van der Waals surface area (Å²) in [6, 6.07) is 0. The number of nitrogens with zero attached hydrogens (tertiary/aromatic N) is 3. The van der Waals surface area contributed by atoms with E-state index < -0.39 is 0 Å². The fourth-order valence-electron chi connectivity index (χ4n) is 0.770. The van der Waals surface area contributed by atoms with E-state index in [0.717, 1.165) is 5.39 Å². The van der Waals surface area contributed by atoms with Crippen LogP contribution >= 0.6 is 0 Å². The zero-order chi connectivity index (χ0) is 6.97. The van der Waals surface area contributed by atoms with Crippen LogP contribution in [0.4, 0.5) is 0 Å². The van der Waals surface area contributed by atoms with Gasteiger partial charge in [-0.15, -0.1) is 0 Å². The average Bonchev–Trinajstić information content (AvgIpc) is 2.33. The topological polar surface area (TPSA) is 54.5 Å². The fraction of sp³-hybridized carbons (Fsp3) is 0.167. The lowest BCUT2D eigenvalue weighted by molar-refractivity contribution is 1.04. The molecule has 0 amide bonds. The van der Waals surface area contributed by atoms with Crippen molar-refractivity contribution in [3.05, 3.63) is 18.2 Å². The van der Waals surface area contributed by atoms with Gasteiger partial charge in [0.25, 0.3) is 0 Å². The van der Waals surface area contributed by atoms with E-state index in [1.807, 2.05) is 6.92 Å². The minimum Gasteiger partial charge on any atom is -0.283 e. The number of hydrogen-bond donors (Lipinski definition) is 1. The maximum atomic E-state index is 4.05. The number of aromatic amines is 1. The third-order valence-corrected chi connectivity index (χ3v) is 1.23. The summed E-state index contributed by atoms with van der Waals surface area (Å²) in [6.45, 7) is 1.81. The molecule has 0 aliphatic carbocycles. The number of nitrogens with one attached hydrogen (secondary N) is 1. The van der Waals surface area contributed by atoms with E-state index >= 15 is 0 Å². The molecule has 1 radical (unpaired) electrons. The van der Waals surface area contributed by atoms with Gasteiger partial charge in [0.05, 0.1) is 5.39 Å². The van der Waals surface area contributed by atoms with Gasteiger partial charge in [-0.05, 0) is 6.92 Å². The molecular weight excluding hydrogens is 128 g/mol. The zero-order valence-electron chi connectivity index (χ0n) is 5.42. The first-order chi connectivity index (χ1) is 4.86. The van der Waals surface area contributed by atoms with Crippen LogP contribution in [0.3, 0.4) is 0 Å². The molecule has 0 aromatic carbocycles. The van der Waals surface area contributed by atoms with E-state index in [1.165, 1.54) is 0 Å². The first-order valence-electron chi connectivity index (χ1n) is 2.92. The van der Waals surface area contributed by atoms with Crippen molar-refractivity contribution < 1.29 is 0 Å². The van der Waals surface area contributed by atoms with Gasteiger partial charge in [-0.3, -0.25) is 5.10 Å². The number of hydrogen-bond acceptors (Lipinski definition) is 3. The Bertz CT molecular complexity index is 351. The van der Waals surface area contributed by atoms with Crippen molar-refractivity contribution in [1.82, 2.24) is 20.2 Å². The predicted molar refractivity (Wildman–Crippen MR) is 35.3 cm³/mol. The van der Waals surface area contributed by atoms with Crippen LogP contribution in [0, 0.1) is 13.1 Å². The molecule has 0 spiro atoms. The van der Waals surface area contributed by atoms with Crippen LogP contribution in [0.5, 0.6) is 0 Å². The van der Waals surface area contributed by atoms with E-state index in [9.17, 15) is 0 Å². The Balaban J connectivity index is 2.86. The van der Waals surface area contributed by atoms with Gasteiger partial charge in [0, 0.05) is 6.20 Å². The molecule has 4 nitrogen and oxygen atoms in total. The lowest BCUT2D eigenvalue weighted by Crippen LogP contribution is -1.85. The largest absolute Gasteiger partial charge is 0.283 e. The van der Waals surface area contributed by atoms with Gasteiger partial charge in [0.2, 0.25) is 0 Å². The zero-order valence-corrected chi connectivity index (χ0v) is 5.42. The molecule has 2 aromatic rings. The summed E-state index contributed by atoms with van der Waals surface area (Å²) < 4.78 is 0. The van der Waals surface area contributed by atoms with Gasteiger partial charge in [-0.1, -0.05) is 0 Å². The lowest BCUT2D eigenvalue weighted by Gasteiger charge is -1.86. The highest BCUT2D eigenvalue weighted by molar-refractivity contribution is 5.71. The van der Waals surface area contributed by atoms with Crippen LogP contribution in [0.25, 0.3) is 11.0 Å².